The minimum Gasteiger partial charge on any atom is -0.349 e. The molecule has 2 rings (SSSR count). The zero-order valence-corrected chi connectivity index (χ0v) is 12.7. The summed E-state index contributed by atoms with van der Waals surface area (Å²) in [5, 5.41) is 0. The van der Waals surface area contributed by atoms with Crippen LogP contribution in [-0.4, -0.2) is 8.42 Å². The van der Waals surface area contributed by atoms with E-state index in [1.807, 2.05) is 6.07 Å². The van der Waals surface area contributed by atoms with Gasteiger partial charge in [-0.05, 0) is 24.5 Å². The van der Waals surface area contributed by atoms with Gasteiger partial charge in [-0.1, -0.05) is 57.6 Å². The molecule has 0 unspecified atom stereocenters. The maximum atomic E-state index is 11.3. The second-order valence-electron chi connectivity index (χ2n) is 5.19. The summed E-state index contributed by atoms with van der Waals surface area (Å²) in [6.07, 6.45) is 9.46. The maximum Gasteiger partial charge on any atom is 0.501 e. The molecule has 0 amide bonds. The van der Waals surface area contributed by atoms with Gasteiger partial charge in [0.1, 0.15) is 0 Å². The summed E-state index contributed by atoms with van der Waals surface area (Å²) < 4.78 is 32.2. The molecule has 1 aromatic carbocycles. The van der Waals surface area contributed by atoms with Gasteiger partial charge in [-0.15, -0.1) is 8.42 Å². The average Bonchev–Trinajstić information content (AvgIpc) is 2.72. The van der Waals surface area contributed by atoms with Crippen LogP contribution in [0.3, 0.4) is 0 Å². The highest BCUT2D eigenvalue weighted by Gasteiger charge is 2.30. The van der Waals surface area contributed by atoms with E-state index in [4.69, 9.17) is 8.37 Å². The summed E-state index contributed by atoms with van der Waals surface area (Å²) in [6, 6.07) is 5.33. The number of hydrogen-bond donors (Lipinski definition) is 0. The molecule has 112 valence electrons. The van der Waals surface area contributed by atoms with Crippen LogP contribution >= 0.6 is 0 Å². The lowest BCUT2D eigenvalue weighted by Gasteiger charge is -2.04. The van der Waals surface area contributed by atoms with Gasteiger partial charge in [0.05, 0.1) is 0 Å². The first-order chi connectivity index (χ1) is 9.62. The van der Waals surface area contributed by atoms with Crippen LogP contribution in [0.25, 0.3) is 0 Å². The van der Waals surface area contributed by atoms with Crippen molar-refractivity contribution >= 4 is 10.4 Å². The Bertz CT molecular complexity index is 537. The minimum absolute atomic E-state index is 0.311. The van der Waals surface area contributed by atoms with E-state index in [0.29, 0.717) is 11.5 Å². The molecule has 1 heterocycles. The Morgan fingerprint density at radius 2 is 1.65 bits per heavy atom. The van der Waals surface area contributed by atoms with Gasteiger partial charge in [-0.3, -0.25) is 0 Å². The monoisotopic (exact) mass is 298 g/mol. The molecule has 0 N–H and O–H groups in total. The van der Waals surface area contributed by atoms with Crippen LogP contribution in [0.2, 0.25) is 0 Å². The van der Waals surface area contributed by atoms with Crippen LogP contribution in [0.4, 0.5) is 0 Å². The molecule has 1 aliphatic heterocycles. The van der Waals surface area contributed by atoms with Gasteiger partial charge in [0.25, 0.3) is 0 Å². The summed E-state index contributed by atoms with van der Waals surface area (Å²) in [5.74, 6) is 0.684. The molecule has 0 bridgehead atoms. The number of hydrogen-bond acceptors (Lipinski definition) is 4. The van der Waals surface area contributed by atoms with Crippen LogP contribution in [0, 0.1) is 0 Å². The average molecular weight is 298 g/mol. The Morgan fingerprint density at radius 3 is 2.40 bits per heavy atom. The summed E-state index contributed by atoms with van der Waals surface area (Å²) in [5.41, 5.74) is 0.914. The first kappa shape index (κ1) is 15.2. The molecule has 1 aliphatic rings. The first-order valence-electron chi connectivity index (χ1n) is 7.38. The van der Waals surface area contributed by atoms with Crippen molar-refractivity contribution in [3.05, 3.63) is 23.8 Å². The van der Waals surface area contributed by atoms with E-state index in [-0.39, 0.29) is 0 Å². The second kappa shape index (κ2) is 6.97. The lowest BCUT2D eigenvalue weighted by atomic mass is 10.0. The molecule has 0 aliphatic carbocycles. The Balaban J connectivity index is 1.79. The van der Waals surface area contributed by atoms with Crippen molar-refractivity contribution in [3.63, 3.8) is 0 Å². The van der Waals surface area contributed by atoms with E-state index in [2.05, 4.69) is 6.92 Å². The molecule has 20 heavy (non-hydrogen) atoms. The van der Waals surface area contributed by atoms with Gasteiger partial charge in [0, 0.05) is 0 Å². The van der Waals surface area contributed by atoms with Crippen LogP contribution in [0.1, 0.15) is 57.4 Å². The Labute approximate surface area is 121 Å². The van der Waals surface area contributed by atoms with E-state index in [9.17, 15) is 8.42 Å². The molecule has 0 spiro atoms. The summed E-state index contributed by atoms with van der Waals surface area (Å²) in [4.78, 5) is 0. The van der Waals surface area contributed by atoms with Crippen LogP contribution in [0.15, 0.2) is 18.2 Å². The third kappa shape index (κ3) is 4.13. The highest BCUT2D eigenvalue weighted by molar-refractivity contribution is 7.82. The molecule has 4 nitrogen and oxygen atoms in total. The smallest absolute Gasteiger partial charge is 0.349 e. The lowest BCUT2D eigenvalue weighted by molar-refractivity contribution is 0.435. The quantitative estimate of drug-likeness (QED) is 0.681. The van der Waals surface area contributed by atoms with Gasteiger partial charge in [-0.2, -0.15) is 0 Å². The van der Waals surface area contributed by atoms with Crippen LogP contribution in [0.5, 0.6) is 11.5 Å². The van der Waals surface area contributed by atoms with Gasteiger partial charge >= 0.3 is 10.4 Å². The number of aryl methyl sites for hydroxylation is 1. The summed E-state index contributed by atoms with van der Waals surface area (Å²) >= 11 is 0. The molecule has 0 fully saturated rings. The predicted octanol–water partition coefficient (Wildman–Crippen LogP) is 4.00. The van der Waals surface area contributed by atoms with Gasteiger partial charge in [0.2, 0.25) is 0 Å². The van der Waals surface area contributed by atoms with Crippen molar-refractivity contribution in [1.29, 1.82) is 0 Å². The Morgan fingerprint density at radius 1 is 0.950 bits per heavy atom. The zero-order chi connectivity index (χ0) is 14.4. The van der Waals surface area contributed by atoms with E-state index in [1.54, 1.807) is 12.1 Å². The number of para-hydroxylation sites is 1. The van der Waals surface area contributed by atoms with Gasteiger partial charge in [-0.25, -0.2) is 0 Å². The maximum absolute atomic E-state index is 11.3. The number of fused-ring (bicyclic) bond motifs is 1. The fraction of sp³-hybridized carbons (Fsp3) is 0.600. The first-order valence-corrected chi connectivity index (χ1v) is 8.71. The minimum atomic E-state index is -3.87. The van der Waals surface area contributed by atoms with Crippen LogP contribution < -0.4 is 8.37 Å². The Hall–Kier alpha value is -1.23. The molecule has 0 saturated heterocycles. The third-order valence-electron chi connectivity index (χ3n) is 3.49. The largest absolute Gasteiger partial charge is 0.501 e. The highest BCUT2D eigenvalue weighted by Crippen LogP contribution is 2.39. The van der Waals surface area contributed by atoms with E-state index < -0.39 is 10.4 Å². The summed E-state index contributed by atoms with van der Waals surface area (Å²) in [6.45, 7) is 2.21. The molecular formula is C15H22O4S. The van der Waals surface area contributed by atoms with E-state index in [0.717, 1.165) is 18.4 Å². The second-order valence-corrected chi connectivity index (χ2v) is 6.34. The van der Waals surface area contributed by atoms with Crippen molar-refractivity contribution in [2.75, 3.05) is 0 Å². The molecule has 0 saturated carbocycles. The molecule has 0 radical (unpaired) electrons. The molecule has 1 aromatic rings. The number of benzene rings is 1. The Kier molecular flexibility index (Phi) is 5.29. The summed E-state index contributed by atoms with van der Waals surface area (Å²) in [7, 11) is -3.87. The van der Waals surface area contributed by atoms with Gasteiger partial charge < -0.3 is 8.37 Å². The zero-order valence-electron chi connectivity index (χ0n) is 11.9. The SMILES string of the molecule is CCCCCCCCCc1cccc2c1OS(=O)(=O)O2. The molecular weight excluding hydrogens is 276 g/mol. The van der Waals surface area contributed by atoms with Crippen molar-refractivity contribution in [2.45, 2.75) is 58.3 Å². The van der Waals surface area contributed by atoms with E-state index >= 15 is 0 Å². The number of unbranched alkanes of at least 4 members (excludes halogenated alkanes) is 6. The topological polar surface area (TPSA) is 52.6 Å². The van der Waals surface area contributed by atoms with Crippen LogP contribution in [-0.2, 0) is 16.8 Å². The molecule has 0 atom stereocenters. The lowest BCUT2D eigenvalue weighted by Crippen LogP contribution is -2.08. The molecule has 5 heteroatoms. The van der Waals surface area contributed by atoms with Crippen molar-refractivity contribution in [1.82, 2.24) is 0 Å². The third-order valence-corrected chi connectivity index (χ3v) is 4.24. The van der Waals surface area contributed by atoms with Crippen molar-refractivity contribution < 1.29 is 16.8 Å². The van der Waals surface area contributed by atoms with Crippen molar-refractivity contribution in [3.8, 4) is 11.5 Å². The highest BCUT2D eigenvalue weighted by atomic mass is 32.3. The fourth-order valence-electron chi connectivity index (χ4n) is 2.42. The normalized spacial score (nSPS) is 15.4. The fourth-order valence-corrected chi connectivity index (χ4v) is 3.20. The van der Waals surface area contributed by atoms with Gasteiger partial charge in [0.15, 0.2) is 11.5 Å². The molecule has 0 aromatic heterocycles. The van der Waals surface area contributed by atoms with Crippen molar-refractivity contribution in [2.24, 2.45) is 0 Å². The standard InChI is InChI=1S/C15H22O4S/c1-2-3-4-5-6-7-8-10-13-11-9-12-14-15(13)19-20(16,17)18-14/h9,11-12H,2-8,10H2,1H3. The number of rotatable bonds is 8. The van der Waals surface area contributed by atoms with E-state index in [1.165, 1.54) is 38.5 Å². The predicted molar refractivity (Wildman–Crippen MR) is 78.3 cm³/mol.